The quantitative estimate of drug-likeness (QED) is 0.178. The van der Waals surface area contributed by atoms with Gasteiger partial charge in [0.05, 0.1) is 11.1 Å². The molecule has 2 nitrogen and oxygen atoms in total. The highest BCUT2D eigenvalue weighted by Crippen LogP contribution is 2.67. The van der Waals surface area contributed by atoms with Crippen LogP contribution in [-0.4, -0.2) is 0 Å². The summed E-state index contributed by atoms with van der Waals surface area (Å²) >= 11 is 0. The number of allylic oxidation sites excluding steroid dienone is 3. The van der Waals surface area contributed by atoms with Crippen molar-refractivity contribution in [3.63, 3.8) is 0 Å². The van der Waals surface area contributed by atoms with Gasteiger partial charge >= 0.3 is 0 Å². The second-order valence-corrected chi connectivity index (χ2v) is 16.9. The van der Waals surface area contributed by atoms with Crippen molar-refractivity contribution in [2.45, 2.75) is 23.7 Å². The van der Waals surface area contributed by atoms with Crippen LogP contribution in [0.2, 0.25) is 0 Å². The van der Waals surface area contributed by atoms with Gasteiger partial charge in [-0.1, -0.05) is 177 Å². The van der Waals surface area contributed by atoms with Gasteiger partial charge in [0.25, 0.3) is 0 Å². The Morgan fingerprint density at radius 2 is 1.20 bits per heavy atom. The molecule has 0 radical (unpaired) electrons. The zero-order valence-electron chi connectivity index (χ0n) is 32.6. The van der Waals surface area contributed by atoms with Crippen molar-refractivity contribution in [3.8, 4) is 44.9 Å². The van der Waals surface area contributed by atoms with E-state index in [-0.39, 0.29) is 17.3 Å². The molecule has 3 aliphatic carbocycles. The predicted molar refractivity (Wildman–Crippen MR) is 240 cm³/mol. The Kier molecular flexibility index (Phi) is 6.65. The van der Waals surface area contributed by atoms with Crippen LogP contribution in [0.15, 0.2) is 212 Å². The molecule has 13 rings (SSSR count). The molecule has 0 fully saturated rings. The number of anilines is 2. The van der Waals surface area contributed by atoms with Crippen molar-refractivity contribution in [2.75, 3.05) is 4.90 Å². The maximum atomic E-state index is 7.07. The Bertz CT molecular complexity index is 3100. The number of nitrogens with zero attached hydrogens (tertiary/aromatic N) is 1. The molecule has 0 aromatic heterocycles. The largest absolute Gasteiger partial charge is 0.456 e. The Hall–Kier alpha value is -7.16. The average Bonchev–Trinajstić information content (AvgIpc) is 3.74. The number of rotatable bonds is 3. The van der Waals surface area contributed by atoms with Crippen molar-refractivity contribution in [3.05, 3.63) is 251 Å². The van der Waals surface area contributed by atoms with Gasteiger partial charge in [0.15, 0.2) is 0 Å². The summed E-state index contributed by atoms with van der Waals surface area (Å²) in [4.78, 5) is 2.54. The predicted octanol–water partition coefficient (Wildman–Crippen LogP) is 14.1. The Morgan fingerprint density at radius 1 is 0.525 bits per heavy atom. The molecular weight excluding hydrogens is 715 g/mol. The summed E-state index contributed by atoms with van der Waals surface area (Å²) in [6.45, 7) is 2.49. The van der Waals surface area contributed by atoms with Gasteiger partial charge in [0.1, 0.15) is 11.5 Å². The zero-order chi connectivity index (χ0) is 38.9. The van der Waals surface area contributed by atoms with Gasteiger partial charge in [-0.05, 0) is 86.5 Å². The number of ether oxygens (including phenoxy) is 1. The van der Waals surface area contributed by atoms with Crippen molar-refractivity contribution in [1.29, 1.82) is 0 Å². The van der Waals surface area contributed by atoms with E-state index in [0.29, 0.717) is 0 Å². The summed E-state index contributed by atoms with van der Waals surface area (Å²) in [5.41, 5.74) is 19.0. The van der Waals surface area contributed by atoms with Crippen LogP contribution in [0, 0.1) is 5.92 Å². The average molecular weight is 754 g/mol. The van der Waals surface area contributed by atoms with E-state index in [2.05, 4.69) is 218 Å². The normalized spacial score (nSPS) is 21.9. The van der Waals surface area contributed by atoms with Crippen molar-refractivity contribution < 1.29 is 4.74 Å². The van der Waals surface area contributed by atoms with Gasteiger partial charge in [0, 0.05) is 50.9 Å². The lowest BCUT2D eigenvalue weighted by Gasteiger charge is -2.40. The number of para-hydroxylation sites is 2. The molecule has 2 heteroatoms. The summed E-state index contributed by atoms with van der Waals surface area (Å²) < 4.78 is 7.07. The third-order valence-electron chi connectivity index (χ3n) is 14.2. The van der Waals surface area contributed by atoms with Crippen LogP contribution < -0.4 is 9.64 Å². The maximum Gasteiger partial charge on any atom is 0.140 e. The third kappa shape index (κ3) is 4.25. The van der Waals surface area contributed by atoms with Crippen LogP contribution in [0.4, 0.5) is 11.4 Å². The van der Waals surface area contributed by atoms with E-state index in [9.17, 15) is 0 Å². The third-order valence-corrected chi connectivity index (χ3v) is 14.2. The van der Waals surface area contributed by atoms with Crippen LogP contribution in [0.5, 0.6) is 11.5 Å². The van der Waals surface area contributed by atoms with Crippen LogP contribution in [0.3, 0.4) is 0 Å². The Labute approximate surface area is 345 Å². The van der Waals surface area contributed by atoms with E-state index < -0.39 is 5.41 Å². The van der Waals surface area contributed by atoms with E-state index in [4.69, 9.17) is 4.74 Å². The van der Waals surface area contributed by atoms with Gasteiger partial charge in [-0.2, -0.15) is 0 Å². The first kappa shape index (κ1) is 32.9. The zero-order valence-corrected chi connectivity index (χ0v) is 32.6. The smallest absolute Gasteiger partial charge is 0.140 e. The molecule has 0 amide bonds. The highest BCUT2D eigenvalue weighted by molar-refractivity contribution is 5.98. The molecular formula is C57H39NO. The minimum Gasteiger partial charge on any atom is -0.456 e. The van der Waals surface area contributed by atoms with E-state index in [1.54, 1.807) is 0 Å². The standard InChI is InChI=1S/C57H39NO/c1-56-39-28-33-47-45(34-39)54-49(57(47)48-21-10-11-25-53(48)59-55-42(19-12-23-50(55)57)38-16-6-3-7-17-38)22-13-24-52(54)58(40-29-26-37(27-30-40)36-14-4-2-5-15-36)41-31-32-44(51(56)35-41)43-18-8-9-20-46(43)56/h2-35,44,51H,1H3. The van der Waals surface area contributed by atoms with Gasteiger partial charge in [-0.25, -0.2) is 0 Å². The van der Waals surface area contributed by atoms with Gasteiger partial charge in [-0.15, -0.1) is 0 Å². The first-order valence-corrected chi connectivity index (χ1v) is 20.8. The molecule has 0 N–H and O–H groups in total. The van der Waals surface area contributed by atoms with Gasteiger partial charge < -0.3 is 9.64 Å². The van der Waals surface area contributed by atoms with E-state index >= 15 is 0 Å². The maximum absolute atomic E-state index is 7.07. The molecule has 2 aliphatic heterocycles. The summed E-state index contributed by atoms with van der Waals surface area (Å²) in [6, 6.07) is 69.7. The molecule has 5 aliphatic rings. The first-order valence-electron chi connectivity index (χ1n) is 20.8. The topological polar surface area (TPSA) is 12.5 Å². The second kappa shape index (κ2) is 11.9. The summed E-state index contributed by atoms with van der Waals surface area (Å²) in [5, 5.41) is 0. The lowest BCUT2D eigenvalue weighted by molar-refractivity contribution is 0.423. The summed E-state index contributed by atoms with van der Waals surface area (Å²) in [5.74, 6) is 2.35. The SMILES string of the molecule is CC12c3ccc4c(c3)-c3c(cccc3C43c4ccccc4Oc4c(-c5ccccc5)cccc43)N(c3ccc(-c4ccccc4)cc3)C3=CC1C(C=C3)c1ccccc12. The molecule has 59 heavy (non-hydrogen) atoms. The van der Waals surface area contributed by atoms with Crippen LogP contribution >= 0.6 is 0 Å². The number of benzene rings is 8. The monoisotopic (exact) mass is 753 g/mol. The fourth-order valence-corrected chi connectivity index (χ4v) is 11.6. The molecule has 1 spiro atoms. The van der Waals surface area contributed by atoms with E-state index in [0.717, 1.165) is 28.3 Å². The fourth-order valence-electron chi connectivity index (χ4n) is 11.6. The molecule has 0 saturated carbocycles. The van der Waals surface area contributed by atoms with Gasteiger partial charge in [-0.3, -0.25) is 0 Å². The summed E-state index contributed by atoms with van der Waals surface area (Å²) in [7, 11) is 0. The van der Waals surface area contributed by atoms with Crippen molar-refractivity contribution >= 4 is 11.4 Å². The number of hydrogen-bond acceptors (Lipinski definition) is 2. The molecule has 8 aromatic carbocycles. The van der Waals surface area contributed by atoms with Crippen LogP contribution in [0.1, 0.15) is 51.8 Å². The minimum atomic E-state index is -0.624. The molecule has 2 heterocycles. The van der Waals surface area contributed by atoms with E-state index in [1.807, 2.05) is 0 Å². The first-order chi connectivity index (χ1) is 29.1. The lowest BCUT2D eigenvalue weighted by atomic mass is 9.64. The molecule has 8 aromatic rings. The molecule has 4 bridgehead atoms. The minimum absolute atomic E-state index is 0.238. The number of hydrogen-bond donors (Lipinski definition) is 0. The number of fused-ring (bicyclic) bond motifs is 11. The molecule has 4 atom stereocenters. The highest BCUT2D eigenvalue weighted by atomic mass is 16.5. The lowest BCUT2D eigenvalue weighted by Crippen LogP contribution is -2.33. The highest BCUT2D eigenvalue weighted by Gasteiger charge is 2.55. The molecule has 0 saturated heterocycles. The Morgan fingerprint density at radius 3 is 2.03 bits per heavy atom. The Balaban J connectivity index is 1.15. The van der Waals surface area contributed by atoms with E-state index in [1.165, 1.54) is 72.6 Å². The second-order valence-electron chi connectivity index (χ2n) is 16.9. The fraction of sp³-hybridized carbons (Fsp3) is 0.0877. The van der Waals surface area contributed by atoms with Crippen molar-refractivity contribution in [1.82, 2.24) is 0 Å². The molecule has 278 valence electrons. The van der Waals surface area contributed by atoms with Gasteiger partial charge in [0.2, 0.25) is 0 Å². The van der Waals surface area contributed by atoms with Crippen LogP contribution in [-0.2, 0) is 10.8 Å². The molecule has 4 unspecified atom stereocenters. The summed E-state index contributed by atoms with van der Waals surface area (Å²) in [6.07, 6.45) is 7.46. The van der Waals surface area contributed by atoms with Crippen LogP contribution in [0.25, 0.3) is 33.4 Å². The van der Waals surface area contributed by atoms with Crippen molar-refractivity contribution in [2.24, 2.45) is 5.92 Å².